The van der Waals surface area contributed by atoms with Crippen molar-refractivity contribution >= 4 is 5.82 Å². The fourth-order valence-electron chi connectivity index (χ4n) is 2.24. The van der Waals surface area contributed by atoms with Gasteiger partial charge < -0.3 is 5.32 Å². The second kappa shape index (κ2) is 5.07. The smallest absolute Gasteiger partial charge is 0.129 e. The van der Waals surface area contributed by atoms with E-state index in [1.807, 2.05) is 0 Å². The second-order valence-electron chi connectivity index (χ2n) is 5.76. The third-order valence-corrected chi connectivity index (χ3v) is 3.51. The lowest BCUT2D eigenvalue weighted by Gasteiger charge is -2.28. The van der Waals surface area contributed by atoms with Crippen LogP contribution in [0.5, 0.6) is 0 Å². The summed E-state index contributed by atoms with van der Waals surface area (Å²) in [6.45, 7) is 8.75. The first-order chi connectivity index (χ1) is 8.08. The highest BCUT2D eigenvalue weighted by Gasteiger charge is 2.23. The van der Waals surface area contributed by atoms with Gasteiger partial charge >= 0.3 is 0 Å². The summed E-state index contributed by atoms with van der Waals surface area (Å²) in [7, 11) is 0. The lowest BCUT2D eigenvalue weighted by atomic mass is 9.80. The first-order valence-electron chi connectivity index (χ1n) is 6.85. The Labute approximate surface area is 105 Å². The van der Waals surface area contributed by atoms with Crippen molar-refractivity contribution in [2.75, 3.05) is 5.32 Å². The molecule has 1 heterocycles. The highest BCUT2D eigenvalue weighted by molar-refractivity contribution is 5.48. The lowest BCUT2D eigenvalue weighted by molar-refractivity contribution is 0.419. The van der Waals surface area contributed by atoms with Gasteiger partial charge in [0.1, 0.15) is 5.82 Å². The third kappa shape index (κ3) is 2.80. The van der Waals surface area contributed by atoms with Gasteiger partial charge in [0.15, 0.2) is 0 Å². The molecule has 0 saturated heterocycles. The molecule has 1 aromatic heterocycles. The first-order valence-corrected chi connectivity index (χ1v) is 6.85. The number of rotatable bonds is 4. The summed E-state index contributed by atoms with van der Waals surface area (Å²) in [6, 6.07) is 4.93. The summed E-state index contributed by atoms with van der Waals surface area (Å²) in [5, 5.41) is 3.51. The van der Waals surface area contributed by atoms with Crippen molar-refractivity contribution in [3.63, 3.8) is 0 Å². The number of pyridine rings is 1. The molecular formula is C15H24N2. The van der Waals surface area contributed by atoms with E-state index < -0.39 is 0 Å². The number of nitrogens with zero attached hydrogens (tertiary/aromatic N) is 1. The Bertz CT molecular complexity index is 379. The zero-order valence-electron chi connectivity index (χ0n) is 11.5. The molecule has 0 atom stereocenters. The van der Waals surface area contributed by atoms with Crippen molar-refractivity contribution in [3.05, 3.63) is 23.4 Å². The van der Waals surface area contributed by atoms with E-state index in [0.717, 1.165) is 11.7 Å². The van der Waals surface area contributed by atoms with Gasteiger partial charge in [0.2, 0.25) is 0 Å². The van der Waals surface area contributed by atoms with E-state index in [9.17, 15) is 0 Å². The molecule has 1 aliphatic rings. The van der Waals surface area contributed by atoms with Crippen LogP contribution in [0.3, 0.4) is 0 Å². The zero-order valence-corrected chi connectivity index (χ0v) is 11.5. The van der Waals surface area contributed by atoms with Crippen LogP contribution in [-0.2, 0) is 0 Å². The lowest BCUT2D eigenvalue weighted by Crippen LogP contribution is -2.18. The fraction of sp³-hybridized carbons (Fsp3) is 0.667. The van der Waals surface area contributed by atoms with E-state index in [4.69, 9.17) is 4.98 Å². The molecule has 2 nitrogen and oxygen atoms in total. The van der Waals surface area contributed by atoms with Gasteiger partial charge in [-0.1, -0.05) is 26.3 Å². The molecule has 0 aliphatic heterocycles. The quantitative estimate of drug-likeness (QED) is 0.837. The van der Waals surface area contributed by atoms with Crippen LogP contribution in [-0.4, -0.2) is 11.0 Å². The van der Waals surface area contributed by atoms with Crippen LogP contribution in [0, 0.1) is 0 Å². The molecule has 0 bridgehead atoms. The second-order valence-corrected chi connectivity index (χ2v) is 5.76. The van der Waals surface area contributed by atoms with Gasteiger partial charge in [0.05, 0.1) is 0 Å². The molecule has 1 N–H and O–H groups in total. The van der Waals surface area contributed by atoms with E-state index in [1.54, 1.807) is 0 Å². The molecule has 94 valence electrons. The van der Waals surface area contributed by atoms with Gasteiger partial charge in [-0.15, -0.1) is 0 Å². The van der Waals surface area contributed by atoms with Crippen molar-refractivity contribution < 1.29 is 0 Å². The third-order valence-electron chi connectivity index (χ3n) is 3.51. The topological polar surface area (TPSA) is 24.9 Å². The molecule has 0 amide bonds. The van der Waals surface area contributed by atoms with E-state index in [0.29, 0.717) is 12.0 Å². The molecule has 0 unspecified atom stereocenters. The molecule has 1 saturated carbocycles. The van der Waals surface area contributed by atoms with Crippen molar-refractivity contribution in [1.29, 1.82) is 0 Å². The maximum Gasteiger partial charge on any atom is 0.129 e. The maximum absolute atomic E-state index is 4.80. The molecule has 1 fully saturated rings. The maximum atomic E-state index is 4.80. The van der Waals surface area contributed by atoms with Crippen LogP contribution < -0.4 is 5.32 Å². The van der Waals surface area contributed by atoms with Gasteiger partial charge in [0, 0.05) is 11.7 Å². The standard InChI is InChI=1S/C15H24N2/c1-10(2)14-9-8-13(12-6-5-7-12)15(17-14)16-11(3)4/h8-12H,5-7H2,1-4H3,(H,16,17). The zero-order chi connectivity index (χ0) is 12.4. The van der Waals surface area contributed by atoms with Crippen LogP contribution in [0.15, 0.2) is 12.1 Å². The number of nitrogens with one attached hydrogen (secondary N) is 1. The highest BCUT2D eigenvalue weighted by atomic mass is 15.0. The van der Waals surface area contributed by atoms with Crippen molar-refractivity contribution in [2.24, 2.45) is 0 Å². The Kier molecular flexibility index (Phi) is 3.70. The largest absolute Gasteiger partial charge is 0.368 e. The van der Waals surface area contributed by atoms with Gasteiger partial charge in [-0.05, 0) is 50.2 Å². The average Bonchev–Trinajstić information content (AvgIpc) is 2.16. The number of hydrogen-bond acceptors (Lipinski definition) is 2. The Morgan fingerprint density at radius 3 is 2.35 bits per heavy atom. The van der Waals surface area contributed by atoms with Crippen LogP contribution in [0.4, 0.5) is 5.82 Å². The van der Waals surface area contributed by atoms with Crippen LogP contribution in [0.2, 0.25) is 0 Å². The molecule has 1 aromatic rings. The van der Waals surface area contributed by atoms with Gasteiger partial charge in [-0.2, -0.15) is 0 Å². The fourth-order valence-corrected chi connectivity index (χ4v) is 2.24. The molecule has 1 aliphatic carbocycles. The molecule has 0 radical (unpaired) electrons. The van der Waals surface area contributed by atoms with Gasteiger partial charge in [-0.25, -0.2) is 4.98 Å². The molecule has 0 spiro atoms. The van der Waals surface area contributed by atoms with Gasteiger partial charge in [-0.3, -0.25) is 0 Å². The summed E-state index contributed by atoms with van der Waals surface area (Å²) in [5.74, 6) is 2.36. The minimum Gasteiger partial charge on any atom is -0.368 e. The summed E-state index contributed by atoms with van der Waals surface area (Å²) in [4.78, 5) is 4.80. The Balaban J connectivity index is 2.29. The van der Waals surface area contributed by atoms with Crippen LogP contribution in [0.25, 0.3) is 0 Å². The van der Waals surface area contributed by atoms with E-state index >= 15 is 0 Å². The van der Waals surface area contributed by atoms with E-state index in [2.05, 4.69) is 45.1 Å². The monoisotopic (exact) mass is 232 g/mol. The van der Waals surface area contributed by atoms with Gasteiger partial charge in [0.25, 0.3) is 0 Å². The minimum absolute atomic E-state index is 0.448. The van der Waals surface area contributed by atoms with E-state index in [1.165, 1.54) is 30.5 Å². The predicted molar refractivity (Wildman–Crippen MR) is 73.7 cm³/mol. The molecule has 0 aromatic carbocycles. The Hall–Kier alpha value is -1.05. The van der Waals surface area contributed by atoms with Crippen LogP contribution in [0.1, 0.15) is 70.1 Å². The van der Waals surface area contributed by atoms with Crippen molar-refractivity contribution in [3.8, 4) is 0 Å². The summed E-state index contributed by atoms with van der Waals surface area (Å²) in [6.07, 6.45) is 4.03. The Morgan fingerprint density at radius 2 is 1.88 bits per heavy atom. The summed E-state index contributed by atoms with van der Waals surface area (Å²) in [5.41, 5.74) is 2.62. The summed E-state index contributed by atoms with van der Waals surface area (Å²) >= 11 is 0. The van der Waals surface area contributed by atoms with E-state index in [-0.39, 0.29) is 0 Å². The molecule has 2 heteroatoms. The van der Waals surface area contributed by atoms with Crippen molar-refractivity contribution in [2.45, 2.75) is 64.8 Å². The average molecular weight is 232 g/mol. The molecule has 2 rings (SSSR count). The summed E-state index contributed by atoms with van der Waals surface area (Å²) < 4.78 is 0. The number of hydrogen-bond donors (Lipinski definition) is 1. The van der Waals surface area contributed by atoms with Crippen LogP contribution >= 0.6 is 0 Å². The minimum atomic E-state index is 0.448. The highest BCUT2D eigenvalue weighted by Crippen LogP contribution is 2.39. The number of aromatic nitrogens is 1. The normalized spacial score (nSPS) is 16.4. The molecular weight excluding hydrogens is 208 g/mol. The predicted octanol–water partition coefficient (Wildman–Crippen LogP) is 4.29. The first kappa shape index (κ1) is 12.4. The van der Waals surface area contributed by atoms with Crippen molar-refractivity contribution in [1.82, 2.24) is 4.98 Å². The number of anilines is 1. The Morgan fingerprint density at radius 1 is 1.18 bits per heavy atom. The molecule has 17 heavy (non-hydrogen) atoms. The SMILES string of the molecule is CC(C)Nc1nc(C(C)C)ccc1C1CCC1.